The summed E-state index contributed by atoms with van der Waals surface area (Å²) in [7, 11) is 4.39. The highest BCUT2D eigenvalue weighted by molar-refractivity contribution is 9.10. The second-order valence-electron chi connectivity index (χ2n) is 6.59. The highest BCUT2D eigenvalue weighted by Gasteiger charge is 2.23. The molecule has 0 radical (unpaired) electrons. The minimum atomic E-state index is 0.727. The van der Waals surface area contributed by atoms with E-state index >= 15 is 0 Å². The van der Waals surface area contributed by atoms with E-state index in [0.29, 0.717) is 0 Å². The van der Waals surface area contributed by atoms with Crippen molar-refractivity contribution in [2.75, 3.05) is 38.6 Å². The molecule has 3 rings (SSSR count). The number of nitrogens with one attached hydrogen (secondary N) is 1. The molecule has 1 atom stereocenters. The van der Waals surface area contributed by atoms with Crippen LogP contribution in [-0.4, -0.2) is 49.7 Å². The lowest BCUT2D eigenvalue weighted by Crippen LogP contribution is -2.29. The van der Waals surface area contributed by atoms with Gasteiger partial charge in [-0.15, -0.1) is 0 Å². The number of likely N-dealkylation sites (tertiary alicyclic amines) is 1. The van der Waals surface area contributed by atoms with Crippen LogP contribution in [0.5, 0.6) is 0 Å². The van der Waals surface area contributed by atoms with Gasteiger partial charge in [-0.3, -0.25) is 0 Å². The Bertz CT molecular complexity index is 489. The molecule has 5 heteroatoms. The molecule has 1 N–H and O–H groups in total. The third-order valence-corrected chi connectivity index (χ3v) is 4.88. The molecule has 0 bridgehead atoms. The summed E-state index contributed by atoms with van der Waals surface area (Å²) in [5.74, 6) is 1.88. The quantitative estimate of drug-likeness (QED) is 0.852. The lowest BCUT2D eigenvalue weighted by Gasteiger charge is -2.24. The summed E-state index contributed by atoms with van der Waals surface area (Å²) in [5.41, 5.74) is 1.30. The lowest BCUT2D eigenvalue weighted by molar-refractivity contribution is 0.395. The lowest BCUT2D eigenvalue weighted by atomic mass is 10.1. The molecule has 1 aromatic rings. The second kappa shape index (κ2) is 6.63. The maximum Gasteiger partial charge on any atom is 0.132 e. The smallest absolute Gasteiger partial charge is 0.132 e. The Balaban J connectivity index is 1.66. The highest BCUT2D eigenvalue weighted by atomic mass is 79.9. The number of pyridine rings is 1. The molecule has 116 valence electrons. The predicted octanol–water partition coefficient (Wildman–Crippen LogP) is 2.48. The van der Waals surface area contributed by atoms with Gasteiger partial charge in [0.1, 0.15) is 5.82 Å². The Morgan fingerprint density at radius 1 is 1.43 bits per heavy atom. The fraction of sp³-hybridized carbons (Fsp3) is 0.688. The zero-order chi connectivity index (χ0) is 14.8. The fourth-order valence-electron chi connectivity index (χ4n) is 3.14. The van der Waals surface area contributed by atoms with Crippen LogP contribution in [0.15, 0.2) is 16.7 Å². The van der Waals surface area contributed by atoms with Crippen molar-refractivity contribution in [1.29, 1.82) is 0 Å². The molecule has 4 nitrogen and oxygen atoms in total. The average molecular weight is 353 g/mol. The normalized spacial score (nSPS) is 22.7. The van der Waals surface area contributed by atoms with Crippen LogP contribution in [0.2, 0.25) is 0 Å². The molecule has 2 fully saturated rings. The van der Waals surface area contributed by atoms with Gasteiger partial charge in [0, 0.05) is 49.0 Å². The summed E-state index contributed by atoms with van der Waals surface area (Å²) in [5, 5.41) is 3.60. The van der Waals surface area contributed by atoms with Gasteiger partial charge in [-0.1, -0.05) is 0 Å². The van der Waals surface area contributed by atoms with Gasteiger partial charge in [-0.05, 0) is 60.8 Å². The summed E-state index contributed by atoms with van der Waals surface area (Å²) in [4.78, 5) is 9.42. The molecular formula is C16H25BrN4. The van der Waals surface area contributed by atoms with Crippen molar-refractivity contribution < 1.29 is 0 Å². The number of hydrogen-bond donors (Lipinski definition) is 1. The van der Waals surface area contributed by atoms with E-state index in [-0.39, 0.29) is 0 Å². The van der Waals surface area contributed by atoms with Crippen molar-refractivity contribution in [1.82, 2.24) is 15.2 Å². The number of aromatic nitrogens is 1. The van der Waals surface area contributed by atoms with Crippen LogP contribution >= 0.6 is 15.9 Å². The first kappa shape index (κ1) is 15.3. The monoisotopic (exact) mass is 352 g/mol. The second-order valence-corrected chi connectivity index (χ2v) is 7.50. The fourth-order valence-corrected chi connectivity index (χ4v) is 3.52. The first-order valence-electron chi connectivity index (χ1n) is 7.89. The molecule has 2 heterocycles. The number of halogens is 1. The average Bonchev–Trinajstić information content (AvgIpc) is 3.19. The summed E-state index contributed by atoms with van der Waals surface area (Å²) in [6, 6.07) is 2.93. The molecule has 1 saturated carbocycles. The van der Waals surface area contributed by atoms with Crippen molar-refractivity contribution >= 4 is 21.7 Å². The van der Waals surface area contributed by atoms with Gasteiger partial charge in [-0.25, -0.2) is 4.98 Å². The zero-order valence-corrected chi connectivity index (χ0v) is 14.6. The Morgan fingerprint density at radius 3 is 2.90 bits per heavy atom. The summed E-state index contributed by atoms with van der Waals surface area (Å²) in [6.07, 6.45) is 5.85. The van der Waals surface area contributed by atoms with Crippen LogP contribution in [0.25, 0.3) is 0 Å². The van der Waals surface area contributed by atoms with Crippen LogP contribution in [0.3, 0.4) is 0 Å². The van der Waals surface area contributed by atoms with Crippen LogP contribution in [-0.2, 0) is 6.54 Å². The minimum absolute atomic E-state index is 0.727. The van der Waals surface area contributed by atoms with E-state index in [1.807, 2.05) is 6.20 Å². The van der Waals surface area contributed by atoms with Crippen molar-refractivity contribution in [2.45, 2.75) is 31.8 Å². The maximum absolute atomic E-state index is 4.66. The van der Waals surface area contributed by atoms with Crippen LogP contribution < -0.4 is 10.2 Å². The molecule has 0 spiro atoms. The van der Waals surface area contributed by atoms with E-state index in [4.69, 9.17) is 0 Å². The van der Waals surface area contributed by atoms with Gasteiger partial charge in [0.2, 0.25) is 0 Å². The molecule has 1 aromatic heterocycles. The van der Waals surface area contributed by atoms with E-state index in [1.165, 1.54) is 37.9 Å². The van der Waals surface area contributed by atoms with Gasteiger partial charge < -0.3 is 15.1 Å². The Kier molecular flexibility index (Phi) is 4.82. The van der Waals surface area contributed by atoms with E-state index in [0.717, 1.165) is 35.3 Å². The predicted molar refractivity (Wildman–Crippen MR) is 90.7 cm³/mol. The summed E-state index contributed by atoms with van der Waals surface area (Å²) in [6.45, 7) is 4.44. The molecule has 1 aliphatic heterocycles. The van der Waals surface area contributed by atoms with Gasteiger partial charge >= 0.3 is 0 Å². The number of hydrogen-bond acceptors (Lipinski definition) is 4. The molecule has 0 amide bonds. The number of anilines is 1. The first-order valence-corrected chi connectivity index (χ1v) is 8.68. The molecule has 21 heavy (non-hydrogen) atoms. The van der Waals surface area contributed by atoms with Crippen molar-refractivity contribution in [3.63, 3.8) is 0 Å². The number of nitrogens with zero attached hydrogens (tertiary/aromatic N) is 3. The largest absolute Gasteiger partial charge is 0.359 e. The van der Waals surface area contributed by atoms with Crippen LogP contribution in [0.4, 0.5) is 5.82 Å². The molecule has 1 aliphatic carbocycles. The highest BCUT2D eigenvalue weighted by Crippen LogP contribution is 2.25. The Labute approximate surface area is 136 Å². The van der Waals surface area contributed by atoms with Crippen molar-refractivity contribution in [3.8, 4) is 0 Å². The Morgan fingerprint density at radius 2 is 2.24 bits per heavy atom. The van der Waals surface area contributed by atoms with Gasteiger partial charge in [0.25, 0.3) is 0 Å². The van der Waals surface area contributed by atoms with E-state index in [1.54, 1.807) is 0 Å². The minimum Gasteiger partial charge on any atom is -0.359 e. The standard InChI is InChI=1S/C16H25BrN4/c1-20-6-5-12(10-20)11-21(2)16-13(7-14(17)9-19-16)8-18-15-3-4-15/h7,9,12,15,18H,3-6,8,10-11H2,1-2H3. The van der Waals surface area contributed by atoms with Gasteiger partial charge in [0.05, 0.1) is 0 Å². The first-order chi connectivity index (χ1) is 10.1. The maximum atomic E-state index is 4.66. The van der Waals surface area contributed by atoms with Crippen molar-refractivity contribution in [3.05, 3.63) is 22.3 Å². The molecule has 1 unspecified atom stereocenters. The van der Waals surface area contributed by atoms with Gasteiger partial charge in [-0.2, -0.15) is 0 Å². The van der Waals surface area contributed by atoms with Gasteiger partial charge in [0.15, 0.2) is 0 Å². The summed E-state index contributed by atoms with van der Waals surface area (Å²) >= 11 is 3.55. The topological polar surface area (TPSA) is 31.4 Å². The Hall–Kier alpha value is -0.650. The molecule has 0 aromatic carbocycles. The molecule has 1 saturated heterocycles. The molecule has 2 aliphatic rings. The van der Waals surface area contributed by atoms with E-state index in [2.05, 4.69) is 56.2 Å². The third-order valence-electron chi connectivity index (χ3n) is 4.45. The van der Waals surface area contributed by atoms with Crippen LogP contribution in [0, 0.1) is 5.92 Å². The van der Waals surface area contributed by atoms with E-state index < -0.39 is 0 Å². The van der Waals surface area contributed by atoms with E-state index in [9.17, 15) is 0 Å². The third kappa shape index (κ3) is 4.18. The molecular weight excluding hydrogens is 328 g/mol. The zero-order valence-electron chi connectivity index (χ0n) is 13.0. The summed E-state index contributed by atoms with van der Waals surface area (Å²) < 4.78 is 1.06. The SMILES string of the molecule is CN1CCC(CN(C)c2ncc(Br)cc2CNC2CC2)C1. The van der Waals surface area contributed by atoms with Crippen LogP contribution in [0.1, 0.15) is 24.8 Å². The number of rotatable bonds is 6. The van der Waals surface area contributed by atoms with Crippen molar-refractivity contribution in [2.24, 2.45) is 5.92 Å².